The van der Waals surface area contributed by atoms with Crippen LogP contribution in [0.25, 0.3) is 0 Å². The number of carbonyl (C=O) groups is 1. The molecule has 0 aliphatic carbocycles. The molecular weight excluding hydrogens is 366 g/mol. The average molecular weight is 390 g/mol. The molecule has 0 radical (unpaired) electrons. The van der Waals surface area contributed by atoms with E-state index in [9.17, 15) is 4.79 Å². The molecule has 24 heavy (non-hydrogen) atoms. The Kier molecular flexibility index (Phi) is 6.01. The third-order valence-corrected chi connectivity index (χ3v) is 5.21. The lowest BCUT2D eigenvalue weighted by Gasteiger charge is -2.29. The smallest absolute Gasteiger partial charge is 0.279 e. The van der Waals surface area contributed by atoms with Crippen LogP contribution in [0.1, 0.15) is 5.56 Å². The second-order valence-electron chi connectivity index (χ2n) is 6.37. The topological polar surface area (TPSA) is 38.0 Å². The molecule has 1 amide bonds. The molecule has 1 aliphatic rings. The van der Waals surface area contributed by atoms with Gasteiger partial charge in [0, 0.05) is 10.0 Å². The van der Waals surface area contributed by atoms with Crippen molar-refractivity contribution >= 4 is 27.5 Å². The number of hydrogen-bond donors (Lipinski definition) is 3. The SMILES string of the molecule is O=C(C[NH+]1CC[NH+](Cc2ccccc2)CC1)Nc1ccccc1Br. The maximum Gasteiger partial charge on any atom is 0.279 e. The van der Waals surface area contributed by atoms with E-state index >= 15 is 0 Å². The van der Waals surface area contributed by atoms with E-state index in [4.69, 9.17) is 0 Å². The van der Waals surface area contributed by atoms with E-state index in [-0.39, 0.29) is 5.91 Å². The van der Waals surface area contributed by atoms with Crippen LogP contribution < -0.4 is 15.1 Å². The number of nitrogens with one attached hydrogen (secondary N) is 3. The zero-order chi connectivity index (χ0) is 16.8. The van der Waals surface area contributed by atoms with Crippen molar-refractivity contribution in [2.24, 2.45) is 0 Å². The number of hydrogen-bond acceptors (Lipinski definition) is 1. The van der Waals surface area contributed by atoms with Crippen LogP contribution in [0, 0.1) is 0 Å². The Morgan fingerprint density at radius 1 is 0.917 bits per heavy atom. The van der Waals surface area contributed by atoms with Crippen LogP contribution in [0.5, 0.6) is 0 Å². The molecule has 0 unspecified atom stereocenters. The number of benzene rings is 2. The summed E-state index contributed by atoms with van der Waals surface area (Å²) in [6, 6.07) is 18.4. The molecule has 0 bridgehead atoms. The lowest BCUT2D eigenvalue weighted by atomic mass is 10.2. The predicted octanol–water partition coefficient (Wildman–Crippen LogP) is 0.371. The summed E-state index contributed by atoms with van der Waals surface area (Å²) in [5.41, 5.74) is 2.23. The molecule has 1 aliphatic heterocycles. The van der Waals surface area contributed by atoms with Crippen LogP contribution in [-0.2, 0) is 11.3 Å². The summed E-state index contributed by atoms with van der Waals surface area (Å²) in [6.07, 6.45) is 0. The highest BCUT2D eigenvalue weighted by molar-refractivity contribution is 9.10. The minimum atomic E-state index is 0.0865. The third-order valence-electron chi connectivity index (χ3n) is 4.52. The van der Waals surface area contributed by atoms with Crippen LogP contribution in [0.15, 0.2) is 59.1 Å². The lowest BCUT2D eigenvalue weighted by molar-refractivity contribution is -1.02. The van der Waals surface area contributed by atoms with E-state index in [1.807, 2.05) is 24.3 Å². The highest BCUT2D eigenvalue weighted by Crippen LogP contribution is 2.20. The highest BCUT2D eigenvalue weighted by Gasteiger charge is 2.24. The number of halogens is 1. The molecule has 0 atom stereocenters. The van der Waals surface area contributed by atoms with Crippen molar-refractivity contribution in [2.45, 2.75) is 6.54 Å². The maximum atomic E-state index is 12.2. The first-order valence-corrected chi connectivity index (χ1v) is 9.25. The molecule has 1 saturated heterocycles. The van der Waals surface area contributed by atoms with Crippen molar-refractivity contribution < 1.29 is 14.6 Å². The summed E-state index contributed by atoms with van der Waals surface area (Å²) >= 11 is 3.46. The fourth-order valence-electron chi connectivity index (χ4n) is 3.18. The van der Waals surface area contributed by atoms with Crippen LogP contribution >= 0.6 is 15.9 Å². The second kappa shape index (κ2) is 8.42. The van der Waals surface area contributed by atoms with Gasteiger partial charge < -0.3 is 15.1 Å². The fourth-order valence-corrected chi connectivity index (χ4v) is 3.56. The van der Waals surface area contributed by atoms with Gasteiger partial charge in [-0.25, -0.2) is 0 Å². The van der Waals surface area contributed by atoms with Gasteiger partial charge in [-0.3, -0.25) is 4.79 Å². The van der Waals surface area contributed by atoms with E-state index in [1.54, 1.807) is 4.90 Å². The molecule has 2 aromatic carbocycles. The van der Waals surface area contributed by atoms with Gasteiger partial charge in [0.15, 0.2) is 6.54 Å². The molecule has 4 nitrogen and oxygen atoms in total. The monoisotopic (exact) mass is 389 g/mol. The minimum absolute atomic E-state index is 0.0865. The van der Waals surface area contributed by atoms with Crippen molar-refractivity contribution in [3.8, 4) is 0 Å². The Balaban J connectivity index is 1.43. The van der Waals surface area contributed by atoms with Gasteiger partial charge in [-0.1, -0.05) is 42.5 Å². The maximum absolute atomic E-state index is 12.2. The molecule has 0 spiro atoms. The molecule has 2 aromatic rings. The van der Waals surface area contributed by atoms with Crippen molar-refractivity contribution in [2.75, 3.05) is 38.0 Å². The van der Waals surface area contributed by atoms with Crippen LogP contribution in [0.3, 0.4) is 0 Å². The Bertz CT molecular complexity index is 669. The summed E-state index contributed by atoms with van der Waals surface area (Å²) in [5.74, 6) is 0.0865. The Hall–Kier alpha value is -1.69. The second-order valence-corrected chi connectivity index (χ2v) is 7.22. The first-order valence-electron chi connectivity index (χ1n) is 8.46. The summed E-state index contributed by atoms with van der Waals surface area (Å²) in [5, 5.41) is 3.00. The molecule has 0 saturated carbocycles. The van der Waals surface area contributed by atoms with E-state index in [1.165, 1.54) is 10.5 Å². The summed E-state index contributed by atoms with van der Waals surface area (Å²) in [6.45, 7) is 5.95. The van der Waals surface area contributed by atoms with Crippen LogP contribution in [0.4, 0.5) is 5.69 Å². The van der Waals surface area contributed by atoms with E-state index < -0.39 is 0 Å². The first-order chi connectivity index (χ1) is 11.7. The molecule has 126 valence electrons. The van der Waals surface area contributed by atoms with Gasteiger partial charge >= 0.3 is 0 Å². The van der Waals surface area contributed by atoms with E-state index in [0.717, 1.165) is 42.9 Å². The number of piperazine rings is 1. The van der Waals surface area contributed by atoms with Gasteiger partial charge in [-0.05, 0) is 28.1 Å². The zero-order valence-corrected chi connectivity index (χ0v) is 15.3. The van der Waals surface area contributed by atoms with Crippen molar-refractivity contribution in [1.82, 2.24) is 0 Å². The molecule has 1 fully saturated rings. The molecule has 3 N–H and O–H groups in total. The molecular formula is C19H24BrN3O+2. The molecule has 5 heteroatoms. The van der Waals surface area contributed by atoms with Gasteiger partial charge in [0.05, 0.1) is 5.69 Å². The van der Waals surface area contributed by atoms with Gasteiger partial charge in [-0.2, -0.15) is 0 Å². The first kappa shape index (κ1) is 17.1. The van der Waals surface area contributed by atoms with Gasteiger partial charge in [-0.15, -0.1) is 0 Å². The summed E-state index contributed by atoms with van der Waals surface area (Å²) in [4.78, 5) is 15.2. The highest BCUT2D eigenvalue weighted by atomic mass is 79.9. The average Bonchev–Trinajstić information content (AvgIpc) is 2.60. The number of anilines is 1. The Labute approximate surface area is 151 Å². The number of carbonyl (C=O) groups excluding carboxylic acids is 1. The molecule has 3 rings (SSSR count). The lowest BCUT2D eigenvalue weighted by Crippen LogP contribution is -3.28. The van der Waals surface area contributed by atoms with Crippen molar-refractivity contribution in [3.05, 3.63) is 64.6 Å². The van der Waals surface area contributed by atoms with Crippen LogP contribution in [0.2, 0.25) is 0 Å². The normalized spacial score (nSPS) is 20.5. The summed E-state index contributed by atoms with van der Waals surface area (Å²) in [7, 11) is 0. The largest absolute Gasteiger partial charge is 0.322 e. The fraction of sp³-hybridized carbons (Fsp3) is 0.316. The Morgan fingerprint density at radius 2 is 1.54 bits per heavy atom. The molecule has 1 heterocycles. The van der Waals surface area contributed by atoms with Gasteiger partial charge in [0.1, 0.15) is 32.7 Å². The quantitative estimate of drug-likeness (QED) is 0.679. The van der Waals surface area contributed by atoms with E-state index in [2.05, 4.69) is 51.6 Å². The third kappa shape index (κ3) is 4.90. The number of amides is 1. The predicted molar refractivity (Wildman–Crippen MR) is 99.2 cm³/mol. The van der Waals surface area contributed by atoms with Crippen molar-refractivity contribution in [3.63, 3.8) is 0 Å². The standard InChI is InChI=1S/C19H22BrN3O/c20-17-8-4-5-9-18(17)21-19(24)15-23-12-10-22(11-13-23)14-16-6-2-1-3-7-16/h1-9H,10-15H2,(H,21,24)/p+2. The molecule has 0 aromatic heterocycles. The van der Waals surface area contributed by atoms with Gasteiger partial charge in [0.2, 0.25) is 0 Å². The minimum Gasteiger partial charge on any atom is -0.322 e. The summed E-state index contributed by atoms with van der Waals surface area (Å²) < 4.78 is 0.922. The Morgan fingerprint density at radius 3 is 2.25 bits per heavy atom. The number of para-hydroxylation sites is 1. The van der Waals surface area contributed by atoms with E-state index in [0.29, 0.717) is 6.54 Å². The zero-order valence-electron chi connectivity index (χ0n) is 13.7. The van der Waals surface area contributed by atoms with Crippen LogP contribution in [-0.4, -0.2) is 38.6 Å². The number of rotatable bonds is 5. The number of quaternary nitrogens is 2. The van der Waals surface area contributed by atoms with Gasteiger partial charge in [0.25, 0.3) is 5.91 Å². The van der Waals surface area contributed by atoms with Crippen molar-refractivity contribution in [1.29, 1.82) is 0 Å².